The Kier molecular flexibility index (Phi) is 7.58. The predicted octanol–water partition coefficient (Wildman–Crippen LogP) is 6.85. The number of hydrogen-bond donors (Lipinski definition) is 0. The number of carbonyl (C=O) groups excluding carboxylic acids is 1. The van der Waals surface area contributed by atoms with Gasteiger partial charge in [-0.15, -0.1) is 11.8 Å². The Morgan fingerprint density at radius 2 is 1.86 bits per heavy atom. The minimum atomic E-state index is -4.90. The van der Waals surface area contributed by atoms with Crippen LogP contribution in [0.4, 0.5) is 27.8 Å². The highest BCUT2D eigenvalue weighted by molar-refractivity contribution is 14.1. The summed E-state index contributed by atoms with van der Waals surface area (Å²) in [6.45, 7) is 7.97. The summed E-state index contributed by atoms with van der Waals surface area (Å²) in [4.78, 5) is 34.2. The van der Waals surface area contributed by atoms with E-state index in [9.17, 15) is 27.2 Å². The third-order valence-electron chi connectivity index (χ3n) is 8.93. The summed E-state index contributed by atoms with van der Waals surface area (Å²) < 4.78 is 75.9. The number of aromatic nitrogens is 2. The molecule has 1 saturated heterocycles. The van der Waals surface area contributed by atoms with Gasteiger partial charge in [-0.1, -0.05) is 13.0 Å². The first-order valence-corrected chi connectivity index (χ1v) is 16.0. The quantitative estimate of drug-likeness (QED) is 0.128. The third kappa shape index (κ3) is 5.03. The van der Waals surface area contributed by atoms with E-state index in [2.05, 4.69) is 11.6 Å². The topological polar surface area (TPSA) is 58.4 Å². The fourth-order valence-electron chi connectivity index (χ4n) is 6.54. The van der Waals surface area contributed by atoms with Crippen LogP contribution in [0.3, 0.4) is 0 Å². The molecule has 43 heavy (non-hydrogen) atoms. The summed E-state index contributed by atoms with van der Waals surface area (Å²) in [5.74, 6) is -1.70. The molecule has 228 valence electrons. The summed E-state index contributed by atoms with van der Waals surface area (Å²) >= 11 is 2.83. The molecule has 6 nitrogen and oxygen atoms in total. The summed E-state index contributed by atoms with van der Waals surface area (Å²) in [5.41, 5.74) is -2.47. The molecule has 1 aromatic heterocycles. The lowest BCUT2D eigenvalue weighted by Crippen LogP contribution is -2.58. The Morgan fingerprint density at radius 3 is 2.49 bits per heavy atom. The molecule has 2 aliphatic heterocycles. The van der Waals surface area contributed by atoms with E-state index in [1.165, 1.54) is 22.4 Å². The molecule has 1 amide bonds. The molecular weight excluding hydrogens is 702 g/mol. The van der Waals surface area contributed by atoms with E-state index < -0.39 is 34.6 Å². The second-order valence-corrected chi connectivity index (χ2v) is 13.9. The first-order valence-electron chi connectivity index (χ1n) is 13.9. The van der Waals surface area contributed by atoms with Crippen molar-refractivity contribution in [1.82, 2.24) is 14.5 Å². The summed E-state index contributed by atoms with van der Waals surface area (Å²) in [6.07, 6.45) is -1.13. The van der Waals surface area contributed by atoms with Gasteiger partial charge in [-0.25, -0.2) is 13.6 Å². The number of halogens is 6. The Balaban J connectivity index is 1.67. The monoisotopic (exact) mass is 730 g/mol. The highest BCUT2D eigenvalue weighted by Gasteiger charge is 2.44. The maximum absolute atomic E-state index is 15.4. The maximum atomic E-state index is 15.4. The van der Waals surface area contributed by atoms with Crippen LogP contribution in [0.2, 0.25) is 0 Å². The summed E-state index contributed by atoms with van der Waals surface area (Å²) in [7, 11) is 0. The predicted molar refractivity (Wildman–Crippen MR) is 164 cm³/mol. The number of benzene rings is 2. The zero-order valence-electron chi connectivity index (χ0n) is 23.4. The Labute approximate surface area is 262 Å². The number of hydrogen-bond acceptors (Lipinski definition) is 5. The number of nitrogens with zero attached hydrogens (tertiary/aromatic N) is 4. The van der Waals surface area contributed by atoms with Crippen LogP contribution in [0.1, 0.15) is 38.7 Å². The average Bonchev–Trinajstić information content (AvgIpc) is 3.12. The minimum Gasteiger partial charge on any atom is -0.349 e. The molecule has 0 N–H and O–H groups in total. The van der Waals surface area contributed by atoms with E-state index >= 15 is 4.39 Å². The molecule has 0 bridgehead atoms. The number of alkyl halides is 3. The van der Waals surface area contributed by atoms with Crippen molar-refractivity contribution in [1.29, 1.82) is 0 Å². The molecule has 0 unspecified atom stereocenters. The largest absolute Gasteiger partial charge is 0.417 e. The Hall–Kier alpha value is -2.68. The van der Waals surface area contributed by atoms with Crippen LogP contribution in [0.15, 0.2) is 40.5 Å². The zero-order valence-corrected chi connectivity index (χ0v) is 26.4. The van der Waals surface area contributed by atoms with Gasteiger partial charge in [-0.3, -0.25) is 9.36 Å². The third-order valence-corrected chi connectivity index (χ3v) is 11.2. The first-order chi connectivity index (χ1) is 20.2. The van der Waals surface area contributed by atoms with E-state index in [0.29, 0.717) is 11.8 Å². The second kappa shape index (κ2) is 10.7. The van der Waals surface area contributed by atoms with Crippen LogP contribution in [-0.2, 0) is 17.5 Å². The molecule has 3 aliphatic rings. The number of piperazine rings is 1. The van der Waals surface area contributed by atoms with Gasteiger partial charge in [0.2, 0.25) is 5.91 Å². The van der Waals surface area contributed by atoms with Gasteiger partial charge >= 0.3 is 11.9 Å². The first kappa shape index (κ1) is 30.4. The molecule has 1 saturated carbocycles. The number of anilines is 1. The molecule has 2 aromatic carbocycles. The lowest BCUT2D eigenvalue weighted by atomic mass is 9.70. The van der Waals surface area contributed by atoms with Gasteiger partial charge < -0.3 is 9.80 Å². The van der Waals surface area contributed by atoms with Gasteiger partial charge in [-0.05, 0) is 72.9 Å². The SMILES string of the molecule is C=CC(=O)N1C[C@H](C)N(c2nc(=O)n3c4c(c(-c5cc(I)c(F)cc5F)c(C(F)(F)F)cc24)SCC2(CCC2)C3)C[C@H]1C. The maximum Gasteiger partial charge on any atom is 0.417 e. The Bertz CT molecular complexity index is 1740. The highest BCUT2D eigenvalue weighted by atomic mass is 127. The molecule has 13 heteroatoms. The lowest BCUT2D eigenvalue weighted by molar-refractivity contribution is -0.137. The molecule has 0 radical (unpaired) electrons. The number of rotatable bonds is 3. The van der Waals surface area contributed by atoms with E-state index in [4.69, 9.17) is 0 Å². The molecule has 6 rings (SSSR count). The van der Waals surface area contributed by atoms with Crippen LogP contribution < -0.4 is 10.6 Å². The van der Waals surface area contributed by atoms with Crippen molar-refractivity contribution in [2.75, 3.05) is 23.7 Å². The van der Waals surface area contributed by atoms with Crippen molar-refractivity contribution in [2.45, 2.75) is 62.8 Å². The van der Waals surface area contributed by atoms with Crippen LogP contribution >= 0.6 is 34.4 Å². The standard InChI is InChI=1S/C30H28F5IN4O2S/c1-4-23(41)38-11-16(3)39(12-15(38)2)27-18-8-19(30(33,34)35)24(17-9-22(36)21(32)10-20(17)31)26-25(18)40(28(42)37-27)13-29(14-43-26)6-5-7-29/h4,8-10,15-16H,1,5-7,11-14H2,2-3H3/t15-,16+/m1/s1. The lowest BCUT2D eigenvalue weighted by Gasteiger charge is -2.44. The van der Waals surface area contributed by atoms with E-state index in [1.54, 1.807) is 32.4 Å². The molecular formula is C30H28F5IN4O2S. The summed E-state index contributed by atoms with van der Waals surface area (Å²) in [5, 5.41) is 0.134. The van der Waals surface area contributed by atoms with Crippen molar-refractivity contribution in [3.8, 4) is 11.1 Å². The molecule has 3 heterocycles. The van der Waals surface area contributed by atoms with Crippen molar-refractivity contribution in [2.24, 2.45) is 5.41 Å². The van der Waals surface area contributed by atoms with Crippen molar-refractivity contribution in [3.63, 3.8) is 0 Å². The fourth-order valence-corrected chi connectivity index (χ4v) is 8.55. The average molecular weight is 731 g/mol. The zero-order chi connectivity index (χ0) is 31.0. The van der Waals surface area contributed by atoms with E-state index in [1.807, 2.05) is 13.8 Å². The van der Waals surface area contributed by atoms with Crippen LogP contribution in [-0.4, -0.2) is 51.3 Å². The second-order valence-electron chi connectivity index (χ2n) is 11.8. The number of carbonyl (C=O) groups is 1. The van der Waals surface area contributed by atoms with Crippen molar-refractivity contribution < 1.29 is 26.7 Å². The molecule has 1 spiro atoms. The number of amides is 1. The minimum absolute atomic E-state index is 0.0222. The van der Waals surface area contributed by atoms with Gasteiger partial charge in [0.05, 0.1) is 11.1 Å². The van der Waals surface area contributed by atoms with Crippen molar-refractivity contribution >= 4 is 57.0 Å². The van der Waals surface area contributed by atoms with Gasteiger partial charge in [0.1, 0.15) is 17.5 Å². The van der Waals surface area contributed by atoms with E-state index in [-0.39, 0.29) is 73.8 Å². The molecule has 2 atom stereocenters. The molecule has 1 aliphatic carbocycles. The van der Waals surface area contributed by atoms with Gasteiger partial charge in [0.15, 0.2) is 0 Å². The van der Waals surface area contributed by atoms with Crippen molar-refractivity contribution in [3.05, 3.63) is 62.1 Å². The molecule has 3 aromatic rings. The molecule has 2 fully saturated rings. The van der Waals surface area contributed by atoms with Crippen LogP contribution in [0, 0.1) is 20.6 Å². The highest BCUT2D eigenvalue weighted by Crippen LogP contribution is 2.54. The normalized spacial score (nSPS) is 21.6. The van der Waals surface area contributed by atoms with Gasteiger partial charge in [0.25, 0.3) is 0 Å². The van der Waals surface area contributed by atoms with Crippen LogP contribution in [0.25, 0.3) is 22.0 Å². The Morgan fingerprint density at radius 1 is 1.14 bits per heavy atom. The van der Waals surface area contributed by atoms with Gasteiger partial charge in [-0.2, -0.15) is 18.2 Å². The smallest absolute Gasteiger partial charge is 0.349 e. The van der Waals surface area contributed by atoms with E-state index in [0.717, 1.165) is 31.4 Å². The number of thioether (sulfide) groups is 1. The fraction of sp³-hybridized carbons (Fsp3) is 0.433. The van der Waals surface area contributed by atoms with Gasteiger partial charge in [0, 0.05) is 68.5 Å². The summed E-state index contributed by atoms with van der Waals surface area (Å²) in [6, 6.07) is 1.93. The van der Waals surface area contributed by atoms with Crippen LogP contribution in [0.5, 0.6) is 0 Å².